The Morgan fingerprint density at radius 3 is 2.72 bits per heavy atom. The SMILES string of the molecule is O=C(c1cccs1)[C@H]1N[C@@H]1/C=C/c1ccccc1. The van der Waals surface area contributed by atoms with Gasteiger partial charge >= 0.3 is 0 Å². The fourth-order valence-electron chi connectivity index (χ4n) is 1.91. The molecule has 1 aromatic heterocycles. The summed E-state index contributed by atoms with van der Waals surface area (Å²) >= 11 is 1.50. The van der Waals surface area contributed by atoms with Gasteiger partial charge in [0.15, 0.2) is 5.78 Å². The van der Waals surface area contributed by atoms with E-state index in [9.17, 15) is 4.79 Å². The van der Waals surface area contributed by atoms with Crippen molar-refractivity contribution in [3.05, 3.63) is 64.4 Å². The molecule has 1 aromatic carbocycles. The fourth-order valence-corrected chi connectivity index (χ4v) is 2.61. The van der Waals surface area contributed by atoms with Crippen LogP contribution in [0.2, 0.25) is 0 Å². The number of carbonyl (C=O) groups is 1. The van der Waals surface area contributed by atoms with Gasteiger partial charge in [-0.2, -0.15) is 0 Å². The van der Waals surface area contributed by atoms with E-state index in [1.54, 1.807) is 0 Å². The lowest BCUT2D eigenvalue weighted by Crippen LogP contribution is -2.08. The first-order valence-electron chi connectivity index (χ1n) is 5.91. The van der Waals surface area contributed by atoms with Gasteiger partial charge in [-0.05, 0) is 17.0 Å². The molecule has 1 fully saturated rings. The molecule has 1 N–H and O–H groups in total. The average Bonchev–Trinajstić information content (AvgIpc) is 2.98. The van der Waals surface area contributed by atoms with Gasteiger partial charge in [-0.15, -0.1) is 11.3 Å². The molecule has 0 aliphatic carbocycles. The Hall–Kier alpha value is -1.71. The number of benzene rings is 1. The Bertz CT molecular complexity index is 559. The van der Waals surface area contributed by atoms with Gasteiger partial charge in [0.25, 0.3) is 0 Å². The summed E-state index contributed by atoms with van der Waals surface area (Å²) in [6, 6.07) is 14.0. The van der Waals surface area contributed by atoms with Crippen molar-refractivity contribution in [2.24, 2.45) is 0 Å². The zero-order valence-corrected chi connectivity index (χ0v) is 10.6. The summed E-state index contributed by atoms with van der Waals surface area (Å²) in [6.45, 7) is 0. The molecule has 18 heavy (non-hydrogen) atoms. The molecule has 0 spiro atoms. The van der Waals surface area contributed by atoms with E-state index in [4.69, 9.17) is 0 Å². The Balaban J connectivity index is 1.62. The first-order chi connectivity index (χ1) is 8.84. The van der Waals surface area contributed by atoms with Crippen molar-refractivity contribution in [3.8, 4) is 0 Å². The lowest BCUT2D eigenvalue weighted by atomic mass is 10.1. The third kappa shape index (κ3) is 2.42. The van der Waals surface area contributed by atoms with Gasteiger partial charge in [-0.25, -0.2) is 0 Å². The van der Waals surface area contributed by atoms with Crippen molar-refractivity contribution >= 4 is 23.2 Å². The lowest BCUT2D eigenvalue weighted by Gasteiger charge is -1.92. The number of hydrogen-bond donors (Lipinski definition) is 1. The second-order valence-electron chi connectivity index (χ2n) is 4.28. The minimum absolute atomic E-state index is 0.0383. The lowest BCUT2D eigenvalue weighted by molar-refractivity contribution is 0.0993. The van der Waals surface area contributed by atoms with Gasteiger partial charge in [-0.1, -0.05) is 48.6 Å². The van der Waals surface area contributed by atoms with E-state index in [-0.39, 0.29) is 17.9 Å². The maximum Gasteiger partial charge on any atom is 0.191 e. The number of hydrogen-bond acceptors (Lipinski definition) is 3. The van der Waals surface area contributed by atoms with Crippen LogP contribution in [-0.4, -0.2) is 17.9 Å². The Labute approximate surface area is 110 Å². The smallest absolute Gasteiger partial charge is 0.191 e. The van der Waals surface area contributed by atoms with Crippen LogP contribution in [0.25, 0.3) is 6.08 Å². The molecule has 0 unspecified atom stereocenters. The van der Waals surface area contributed by atoms with Crippen LogP contribution in [0.15, 0.2) is 53.9 Å². The summed E-state index contributed by atoms with van der Waals surface area (Å²) in [5.41, 5.74) is 1.16. The van der Waals surface area contributed by atoms with Crippen molar-refractivity contribution in [1.82, 2.24) is 5.32 Å². The summed E-state index contributed by atoms with van der Waals surface area (Å²) in [4.78, 5) is 12.8. The fraction of sp³-hybridized carbons (Fsp3) is 0.133. The highest BCUT2D eigenvalue weighted by Gasteiger charge is 2.40. The molecule has 0 saturated carbocycles. The van der Waals surface area contributed by atoms with E-state index < -0.39 is 0 Å². The van der Waals surface area contributed by atoms with Gasteiger partial charge < -0.3 is 0 Å². The first kappa shape index (κ1) is 11.4. The zero-order chi connectivity index (χ0) is 12.4. The Kier molecular flexibility index (Phi) is 3.09. The highest BCUT2D eigenvalue weighted by molar-refractivity contribution is 7.12. The van der Waals surface area contributed by atoms with Crippen LogP contribution in [0.1, 0.15) is 15.2 Å². The van der Waals surface area contributed by atoms with Crippen molar-refractivity contribution in [2.75, 3.05) is 0 Å². The number of rotatable bonds is 4. The van der Waals surface area contributed by atoms with Crippen LogP contribution in [0.3, 0.4) is 0 Å². The summed E-state index contributed by atoms with van der Waals surface area (Å²) in [5, 5.41) is 5.13. The van der Waals surface area contributed by atoms with E-state index in [1.807, 2.05) is 35.7 Å². The van der Waals surface area contributed by atoms with Crippen LogP contribution in [0, 0.1) is 0 Å². The van der Waals surface area contributed by atoms with Crippen LogP contribution in [-0.2, 0) is 0 Å². The average molecular weight is 255 g/mol. The van der Waals surface area contributed by atoms with Crippen LogP contribution in [0.5, 0.6) is 0 Å². The molecule has 1 aliphatic heterocycles. The van der Waals surface area contributed by atoms with Crippen molar-refractivity contribution < 1.29 is 4.79 Å². The molecule has 2 heterocycles. The molecule has 90 valence electrons. The quantitative estimate of drug-likeness (QED) is 0.674. The summed E-state index contributed by atoms with van der Waals surface area (Å²) in [6.07, 6.45) is 4.12. The van der Waals surface area contributed by atoms with Gasteiger partial charge in [0.1, 0.15) is 0 Å². The van der Waals surface area contributed by atoms with E-state index in [0.717, 1.165) is 10.4 Å². The maximum absolute atomic E-state index is 12.0. The molecule has 1 aliphatic rings. The van der Waals surface area contributed by atoms with Crippen molar-refractivity contribution in [2.45, 2.75) is 12.1 Å². The predicted molar refractivity (Wildman–Crippen MR) is 74.8 cm³/mol. The largest absolute Gasteiger partial charge is 0.297 e. The van der Waals surface area contributed by atoms with E-state index in [2.05, 4.69) is 29.6 Å². The molecule has 2 aromatic rings. The van der Waals surface area contributed by atoms with E-state index in [0.29, 0.717) is 0 Å². The second-order valence-corrected chi connectivity index (χ2v) is 5.23. The van der Waals surface area contributed by atoms with E-state index in [1.165, 1.54) is 11.3 Å². The van der Waals surface area contributed by atoms with Gasteiger partial charge in [0, 0.05) is 6.04 Å². The van der Waals surface area contributed by atoms with E-state index >= 15 is 0 Å². The van der Waals surface area contributed by atoms with Crippen LogP contribution in [0.4, 0.5) is 0 Å². The first-order valence-corrected chi connectivity index (χ1v) is 6.79. The molecule has 0 bridgehead atoms. The van der Waals surface area contributed by atoms with Crippen LogP contribution < -0.4 is 5.32 Å². The number of nitrogens with one attached hydrogen (secondary N) is 1. The molecule has 0 amide bonds. The van der Waals surface area contributed by atoms with Gasteiger partial charge in [0.05, 0.1) is 10.9 Å². The summed E-state index contributed by atoms with van der Waals surface area (Å²) < 4.78 is 0. The molecule has 2 atom stereocenters. The zero-order valence-electron chi connectivity index (χ0n) is 9.74. The van der Waals surface area contributed by atoms with Gasteiger partial charge in [-0.3, -0.25) is 10.1 Å². The molecule has 3 rings (SSSR count). The summed E-state index contributed by atoms with van der Waals surface area (Å²) in [7, 11) is 0. The third-order valence-electron chi connectivity index (χ3n) is 2.96. The van der Waals surface area contributed by atoms with Crippen molar-refractivity contribution in [1.29, 1.82) is 0 Å². The Morgan fingerprint density at radius 2 is 2.00 bits per heavy atom. The number of carbonyl (C=O) groups excluding carboxylic acids is 1. The topological polar surface area (TPSA) is 39.0 Å². The van der Waals surface area contributed by atoms with Crippen molar-refractivity contribution in [3.63, 3.8) is 0 Å². The monoisotopic (exact) mass is 255 g/mol. The van der Waals surface area contributed by atoms with Crippen LogP contribution >= 0.6 is 11.3 Å². The summed E-state index contributed by atoms with van der Waals surface area (Å²) in [5.74, 6) is 0.202. The number of thiophene rings is 1. The highest BCUT2D eigenvalue weighted by atomic mass is 32.1. The van der Waals surface area contributed by atoms with Gasteiger partial charge in [0.2, 0.25) is 0 Å². The molecular formula is C15H13NOS. The molecule has 1 saturated heterocycles. The Morgan fingerprint density at radius 1 is 1.17 bits per heavy atom. The maximum atomic E-state index is 12.0. The third-order valence-corrected chi connectivity index (χ3v) is 3.85. The predicted octanol–water partition coefficient (Wildman–Crippen LogP) is 2.98. The number of ketones is 1. The molecule has 3 heteroatoms. The highest BCUT2D eigenvalue weighted by Crippen LogP contribution is 2.21. The molecule has 0 radical (unpaired) electrons. The second kappa shape index (κ2) is 4.88. The number of Topliss-reactive ketones (excluding diaryl/α,β-unsaturated/α-hetero) is 1. The minimum Gasteiger partial charge on any atom is -0.297 e. The standard InChI is InChI=1S/C15H13NOS/c17-15(13-7-4-10-18-13)14-12(16-14)9-8-11-5-2-1-3-6-11/h1-10,12,14,16H/b9-8+/t12-,14+/m1/s1. The normalized spacial score (nSPS) is 22.2. The molecule has 2 nitrogen and oxygen atoms in total. The minimum atomic E-state index is -0.0383. The molecular weight excluding hydrogens is 242 g/mol.